The van der Waals surface area contributed by atoms with Gasteiger partial charge in [0.1, 0.15) is 10.5 Å². The second-order valence-electron chi connectivity index (χ2n) is 4.55. The second kappa shape index (κ2) is 4.52. The highest BCUT2D eigenvalue weighted by atomic mass is 32.1. The second-order valence-corrected chi connectivity index (χ2v) is 5.82. The molecular formula is C13H12F2N4S. The predicted octanol–water partition coefficient (Wildman–Crippen LogP) is 3.27. The van der Waals surface area contributed by atoms with Gasteiger partial charge >= 0.3 is 0 Å². The Morgan fingerprint density at radius 2 is 2.10 bits per heavy atom. The van der Waals surface area contributed by atoms with Crippen LogP contribution in [0.5, 0.6) is 0 Å². The Bertz CT molecular complexity index is 793. The molecule has 0 saturated carbocycles. The number of rotatable bonds is 2. The Kier molecular flexibility index (Phi) is 2.93. The summed E-state index contributed by atoms with van der Waals surface area (Å²) in [5.41, 5.74) is 6.26. The zero-order valence-corrected chi connectivity index (χ0v) is 11.7. The largest absolute Gasteiger partial charge is 0.369 e. The minimum absolute atomic E-state index is 0.0721. The first kappa shape index (κ1) is 13.0. The molecule has 2 heterocycles. The Morgan fingerprint density at radius 1 is 1.35 bits per heavy atom. The number of nitrogens with zero attached hydrogens (tertiary/aromatic N) is 3. The number of aryl methyl sites for hydroxylation is 1. The number of hydrogen-bond acceptors (Lipinski definition) is 4. The zero-order valence-electron chi connectivity index (χ0n) is 10.9. The van der Waals surface area contributed by atoms with Crippen molar-refractivity contribution in [2.24, 2.45) is 0 Å². The molecule has 4 nitrogen and oxygen atoms in total. The SMILES string of the molecule is Cc1cnc(C(C)n2c(N)nc3ccc(F)c(F)c32)s1. The molecule has 20 heavy (non-hydrogen) atoms. The smallest absolute Gasteiger partial charge is 0.201 e. The van der Waals surface area contributed by atoms with Crippen LogP contribution in [0.1, 0.15) is 22.9 Å². The van der Waals surface area contributed by atoms with Crippen molar-refractivity contribution in [2.45, 2.75) is 19.9 Å². The van der Waals surface area contributed by atoms with Gasteiger partial charge in [-0.3, -0.25) is 4.57 Å². The predicted molar refractivity (Wildman–Crippen MR) is 74.7 cm³/mol. The van der Waals surface area contributed by atoms with Crippen molar-refractivity contribution in [1.82, 2.24) is 14.5 Å². The first-order valence-electron chi connectivity index (χ1n) is 6.02. The lowest BCUT2D eigenvalue weighted by atomic mass is 10.2. The molecule has 1 unspecified atom stereocenters. The number of halogens is 2. The highest BCUT2D eigenvalue weighted by molar-refractivity contribution is 7.11. The van der Waals surface area contributed by atoms with Gasteiger partial charge in [0.05, 0.1) is 11.6 Å². The van der Waals surface area contributed by atoms with Crippen molar-refractivity contribution < 1.29 is 8.78 Å². The molecule has 7 heteroatoms. The van der Waals surface area contributed by atoms with Gasteiger partial charge in [-0.05, 0) is 26.0 Å². The highest BCUT2D eigenvalue weighted by Gasteiger charge is 2.22. The van der Waals surface area contributed by atoms with Crippen molar-refractivity contribution in [3.63, 3.8) is 0 Å². The molecular weight excluding hydrogens is 282 g/mol. The number of fused-ring (bicyclic) bond motifs is 1. The molecule has 3 rings (SSSR count). The van der Waals surface area contributed by atoms with Crippen molar-refractivity contribution >= 4 is 28.3 Å². The lowest BCUT2D eigenvalue weighted by molar-refractivity contribution is 0.509. The van der Waals surface area contributed by atoms with E-state index in [9.17, 15) is 8.78 Å². The van der Waals surface area contributed by atoms with Gasteiger partial charge in [0.25, 0.3) is 0 Å². The maximum absolute atomic E-state index is 14.0. The van der Waals surface area contributed by atoms with E-state index in [1.165, 1.54) is 22.0 Å². The molecule has 0 bridgehead atoms. The van der Waals surface area contributed by atoms with Gasteiger partial charge in [-0.1, -0.05) is 0 Å². The first-order chi connectivity index (χ1) is 9.49. The summed E-state index contributed by atoms with van der Waals surface area (Å²) < 4.78 is 29.0. The molecule has 2 N–H and O–H groups in total. The molecule has 0 aliphatic rings. The molecule has 0 radical (unpaired) electrons. The van der Waals surface area contributed by atoms with Crippen molar-refractivity contribution in [1.29, 1.82) is 0 Å². The minimum Gasteiger partial charge on any atom is -0.369 e. The van der Waals surface area contributed by atoms with E-state index in [1.54, 1.807) is 6.20 Å². The number of aromatic nitrogens is 3. The maximum Gasteiger partial charge on any atom is 0.201 e. The van der Waals surface area contributed by atoms with Crippen molar-refractivity contribution in [3.8, 4) is 0 Å². The molecule has 104 valence electrons. The Labute approximate surface area is 117 Å². The molecule has 0 aliphatic heterocycles. The van der Waals surface area contributed by atoms with Gasteiger partial charge in [0.2, 0.25) is 5.95 Å². The number of nitrogen functional groups attached to an aromatic ring is 1. The Balaban J connectivity index is 2.25. The maximum atomic E-state index is 14.0. The molecule has 0 saturated heterocycles. The average molecular weight is 294 g/mol. The zero-order chi connectivity index (χ0) is 14.4. The van der Waals surface area contributed by atoms with E-state index in [-0.39, 0.29) is 17.5 Å². The molecule has 0 spiro atoms. The van der Waals surface area contributed by atoms with E-state index in [2.05, 4.69) is 9.97 Å². The summed E-state index contributed by atoms with van der Waals surface area (Å²) in [4.78, 5) is 9.39. The molecule has 0 amide bonds. The molecule has 1 aromatic carbocycles. The van der Waals surface area contributed by atoms with Crippen LogP contribution in [-0.4, -0.2) is 14.5 Å². The van der Waals surface area contributed by atoms with Gasteiger partial charge in [-0.25, -0.2) is 18.7 Å². The van der Waals surface area contributed by atoms with Gasteiger partial charge in [-0.2, -0.15) is 0 Å². The van der Waals surface area contributed by atoms with E-state index in [4.69, 9.17) is 5.73 Å². The van der Waals surface area contributed by atoms with Gasteiger partial charge in [0.15, 0.2) is 11.6 Å². The number of thiazole rings is 1. The molecule has 0 aliphatic carbocycles. The summed E-state index contributed by atoms with van der Waals surface area (Å²) >= 11 is 1.49. The van der Waals surface area contributed by atoms with Gasteiger partial charge in [-0.15, -0.1) is 11.3 Å². The third-order valence-corrected chi connectivity index (χ3v) is 4.24. The third kappa shape index (κ3) is 1.85. The summed E-state index contributed by atoms with van der Waals surface area (Å²) in [7, 11) is 0. The monoisotopic (exact) mass is 294 g/mol. The first-order valence-corrected chi connectivity index (χ1v) is 6.84. The molecule has 2 aromatic heterocycles. The van der Waals surface area contributed by atoms with Crippen LogP contribution in [0.2, 0.25) is 0 Å². The number of nitrogens with two attached hydrogens (primary N) is 1. The normalized spacial score (nSPS) is 13.0. The fraction of sp³-hybridized carbons (Fsp3) is 0.231. The lowest BCUT2D eigenvalue weighted by Crippen LogP contribution is -2.11. The van der Waals surface area contributed by atoms with Gasteiger partial charge < -0.3 is 5.73 Å². The van der Waals surface area contributed by atoms with E-state index in [0.717, 1.165) is 16.0 Å². The fourth-order valence-corrected chi connectivity index (χ4v) is 3.03. The summed E-state index contributed by atoms with van der Waals surface area (Å²) in [6.45, 7) is 3.77. The van der Waals surface area contributed by atoms with Gasteiger partial charge in [0, 0.05) is 11.1 Å². The number of anilines is 1. The summed E-state index contributed by atoms with van der Waals surface area (Å²) in [5, 5.41) is 0.775. The van der Waals surface area contributed by atoms with Crippen LogP contribution in [0.4, 0.5) is 14.7 Å². The van der Waals surface area contributed by atoms with Crippen molar-refractivity contribution in [3.05, 3.63) is 39.8 Å². The number of benzene rings is 1. The number of imidazole rings is 1. The summed E-state index contributed by atoms with van der Waals surface area (Å²) in [6, 6.07) is 2.16. The van der Waals surface area contributed by atoms with E-state index < -0.39 is 11.6 Å². The Hall–Kier alpha value is -2.02. The lowest BCUT2D eigenvalue weighted by Gasteiger charge is -2.13. The van der Waals surface area contributed by atoms with Crippen LogP contribution >= 0.6 is 11.3 Å². The standard InChI is InChI=1S/C13H12F2N4S/c1-6-5-17-12(20-6)7(2)19-11-9(18-13(19)16)4-3-8(14)10(11)15/h3-5,7H,1-2H3,(H2,16,18). The molecule has 1 atom stereocenters. The average Bonchev–Trinajstić information content (AvgIpc) is 2.97. The summed E-state index contributed by atoms with van der Waals surface area (Å²) in [6.07, 6.45) is 1.74. The highest BCUT2D eigenvalue weighted by Crippen LogP contribution is 2.31. The molecule has 0 fully saturated rings. The van der Waals surface area contributed by atoms with Crippen LogP contribution in [0.15, 0.2) is 18.3 Å². The molecule has 3 aromatic rings. The fourth-order valence-electron chi connectivity index (χ4n) is 2.21. The van der Waals surface area contributed by atoms with Crippen LogP contribution in [0, 0.1) is 18.6 Å². The van der Waals surface area contributed by atoms with Crippen LogP contribution in [0.3, 0.4) is 0 Å². The number of hydrogen-bond donors (Lipinski definition) is 1. The van der Waals surface area contributed by atoms with Crippen LogP contribution < -0.4 is 5.73 Å². The summed E-state index contributed by atoms with van der Waals surface area (Å²) in [5.74, 6) is -1.71. The minimum atomic E-state index is -0.938. The van der Waals surface area contributed by atoms with E-state index in [1.807, 2.05) is 13.8 Å². The van der Waals surface area contributed by atoms with E-state index >= 15 is 0 Å². The van der Waals surface area contributed by atoms with Crippen LogP contribution in [-0.2, 0) is 0 Å². The third-order valence-electron chi connectivity index (χ3n) is 3.15. The van der Waals surface area contributed by atoms with E-state index in [0.29, 0.717) is 5.52 Å². The van der Waals surface area contributed by atoms with Crippen LogP contribution in [0.25, 0.3) is 11.0 Å². The Morgan fingerprint density at radius 3 is 2.75 bits per heavy atom. The quantitative estimate of drug-likeness (QED) is 0.789. The van der Waals surface area contributed by atoms with Crippen molar-refractivity contribution in [2.75, 3.05) is 5.73 Å². The topological polar surface area (TPSA) is 56.7 Å².